The van der Waals surface area contributed by atoms with E-state index in [4.69, 9.17) is 5.11 Å². The maximum absolute atomic E-state index is 13.9. The van der Waals surface area contributed by atoms with Crippen molar-refractivity contribution >= 4 is 21.7 Å². The van der Waals surface area contributed by atoms with E-state index in [1.54, 1.807) is 6.92 Å². The van der Waals surface area contributed by atoms with Gasteiger partial charge in [-0.2, -0.15) is 0 Å². The molecule has 3 atom stereocenters. The lowest BCUT2D eigenvalue weighted by molar-refractivity contribution is -0.152. The van der Waals surface area contributed by atoms with Gasteiger partial charge in [0.2, 0.25) is 5.91 Å². The Morgan fingerprint density at radius 1 is 1.30 bits per heavy atom. The predicted octanol–water partition coefficient (Wildman–Crippen LogP) is 1.52. The highest BCUT2D eigenvalue weighted by Crippen LogP contribution is 2.35. The van der Waals surface area contributed by atoms with E-state index in [1.165, 1.54) is 6.07 Å². The van der Waals surface area contributed by atoms with Crippen LogP contribution in [0.5, 0.6) is 0 Å². The molecule has 23 heavy (non-hydrogen) atoms. The standard InChI is InChI=1S/C15H18FNO5S/c1-8(17-14(18)10-4-5-11(10)15(19)20)9-3-6-13(12(16)7-9)23(2,21)22/h3,6-8,10-11H,4-5H2,1-2H3,(H,17,18)(H,19,20). The minimum absolute atomic E-state index is 0.385. The quantitative estimate of drug-likeness (QED) is 0.844. The van der Waals surface area contributed by atoms with Gasteiger partial charge in [0, 0.05) is 6.26 Å². The number of benzene rings is 1. The number of carbonyl (C=O) groups is 2. The molecule has 8 heteroatoms. The van der Waals surface area contributed by atoms with Crippen LogP contribution in [0.4, 0.5) is 4.39 Å². The van der Waals surface area contributed by atoms with E-state index in [1.807, 2.05) is 0 Å². The Kier molecular flexibility index (Phi) is 4.74. The predicted molar refractivity (Wildman–Crippen MR) is 79.9 cm³/mol. The Morgan fingerprint density at radius 2 is 1.91 bits per heavy atom. The molecular weight excluding hydrogens is 325 g/mol. The summed E-state index contributed by atoms with van der Waals surface area (Å²) in [5, 5.41) is 11.6. The molecule has 3 unspecified atom stereocenters. The summed E-state index contributed by atoms with van der Waals surface area (Å²) in [5.74, 6) is -3.50. The molecule has 0 aliphatic heterocycles. The SMILES string of the molecule is CC(NC(=O)C1CCC1C(=O)O)c1ccc(S(C)(=O)=O)c(F)c1. The molecule has 0 radical (unpaired) electrons. The van der Waals surface area contributed by atoms with Crippen LogP contribution in [0, 0.1) is 17.7 Å². The van der Waals surface area contributed by atoms with Gasteiger partial charge in [0.25, 0.3) is 0 Å². The smallest absolute Gasteiger partial charge is 0.307 e. The maximum Gasteiger partial charge on any atom is 0.307 e. The van der Waals surface area contributed by atoms with Crippen LogP contribution in [-0.2, 0) is 19.4 Å². The van der Waals surface area contributed by atoms with E-state index < -0.39 is 44.4 Å². The molecule has 1 fully saturated rings. The third-order valence-corrected chi connectivity index (χ3v) is 5.27. The number of amides is 1. The van der Waals surface area contributed by atoms with Gasteiger partial charge in [0.05, 0.1) is 17.9 Å². The fourth-order valence-electron chi connectivity index (χ4n) is 2.60. The monoisotopic (exact) mass is 343 g/mol. The summed E-state index contributed by atoms with van der Waals surface area (Å²) in [6.45, 7) is 1.63. The highest BCUT2D eigenvalue weighted by atomic mass is 32.2. The number of carboxylic acids is 1. The van der Waals surface area contributed by atoms with Crippen LogP contribution in [0.3, 0.4) is 0 Å². The van der Waals surface area contributed by atoms with Gasteiger partial charge in [-0.15, -0.1) is 0 Å². The average molecular weight is 343 g/mol. The van der Waals surface area contributed by atoms with Crippen molar-refractivity contribution in [3.63, 3.8) is 0 Å². The second-order valence-corrected chi connectivity index (χ2v) is 7.81. The Hall–Kier alpha value is -1.96. The van der Waals surface area contributed by atoms with Crippen molar-refractivity contribution in [1.82, 2.24) is 5.32 Å². The molecule has 2 rings (SSSR count). The van der Waals surface area contributed by atoms with Crippen molar-refractivity contribution < 1.29 is 27.5 Å². The Morgan fingerprint density at radius 3 is 2.35 bits per heavy atom. The van der Waals surface area contributed by atoms with E-state index in [2.05, 4.69) is 5.32 Å². The molecule has 1 saturated carbocycles. The molecule has 0 bridgehead atoms. The molecule has 126 valence electrons. The molecule has 1 amide bonds. The second-order valence-electron chi connectivity index (χ2n) is 5.82. The first-order chi connectivity index (χ1) is 10.6. The molecule has 0 saturated heterocycles. The third-order valence-electron chi connectivity index (χ3n) is 4.14. The fraction of sp³-hybridized carbons (Fsp3) is 0.467. The number of sulfone groups is 1. The van der Waals surface area contributed by atoms with Crippen molar-refractivity contribution in [2.75, 3.05) is 6.26 Å². The van der Waals surface area contributed by atoms with Crippen molar-refractivity contribution in [1.29, 1.82) is 0 Å². The first-order valence-electron chi connectivity index (χ1n) is 7.14. The van der Waals surface area contributed by atoms with Crippen LogP contribution in [0.2, 0.25) is 0 Å². The van der Waals surface area contributed by atoms with Crippen molar-refractivity contribution in [2.24, 2.45) is 11.8 Å². The summed E-state index contributed by atoms with van der Waals surface area (Å²) in [6, 6.07) is 3.10. The zero-order valence-corrected chi connectivity index (χ0v) is 13.6. The van der Waals surface area contributed by atoms with E-state index in [0.29, 0.717) is 18.4 Å². The molecule has 6 nitrogen and oxygen atoms in total. The van der Waals surface area contributed by atoms with Gasteiger partial charge in [0.1, 0.15) is 10.7 Å². The van der Waals surface area contributed by atoms with Crippen molar-refractivity contribution in [3.8, 4) is 0 Å². The maximum atomic E-state index is 13.9. The molecule has 2 N–H and O–H groups in total. The molecule has 1 aliphatic carbocycles. The normalized spacial score (nSPS) is 22.0. The van der Waals surface area contributed by atoms with Gasteiger partial charge in [-0.25, -0.2) is 12.8 Å². The lowest BCUT2D eigenvalue weighted by Gasteiger charge is -2.33. The summed E-state index contributed by atoms with van der Waals surface area (Å²) >= 11 is 0. The molecule has 1 aromatic carbocycles. The van der Waals surface area contributed by atoms with E-state index in [9.17, 15) is 22.4 Å². The number of carboxylic acid groups (broad SMARTS) is 1. The first-order valence-corrected chi connectivity index (χ1v) is 9.03. The Labute approximate surface area is 133 Å². The average Bonchev–Trinajstić information content (AvgIpc) is 2.34. The molecule has 0 aromatic heterocycles. The van der Waals surface area contributed by atoms with Gasteiger partial charge in [-0.1, -0.05) is 6.07 Å². The summed E-state index contributed by atoms with van der Waals surface area (Å²) in [4.78, 5) is 22.6. The fourth-order valence-corrected chi connectivity index (χ4v) is 3.33. The number of carbonyl (C=O) groups excluding carboxylic acids is 1. The van der Waals surface area contributed by atoms with Crippen LogP contribution in [-0.4, -0.2) is 31.7 Å². The number of nitrogens with one attached hydrogen (secondary N) is 1. The lowest BCUT2D eigenvalue weighted by atomic mass is 9.73. The van der Waals surface area contributed by atoms with Crippen molar-refractivity contribution in [3.05, 3.63) is 29.6 Å². The van der Waals surface area contributed by atoms with Crippen LogP contribution < -0.4 is 5.32 Å². The van der Waals surface area contributed by atoms with Gasteiger partial charge in [-0.3, -0.25) is 9.59 Å². The summed E-state index contributed by atoms with van der Waals surface area (Å²) in [5.41, 5.74) is 0.412. The largest absolute Gasteiger partial charge is 0.481 e. The van der Waals surface area contributed by atoms with E-state index in [-0.39, 0.29) is 5.91 Å². The number of rotatable bonds is 5. The van der Waals surface area contributed by atoms with Gasteiger partial charge in [-0.05, 0) is 37.5 Å². The van der Waals surface area contributed by atoms with Crippen molar-refractivity contribution in [2.45, 2.75) is 30.7 Å². The Balaban J connectivity index is 2.09. The minimum Gasteiger partial charge on any atom is -0.481 e. The topological polar surface area (TPSA) is 101 Å². The molecule has 1 aliphatic rings. The van der Waals surface area contributed by atoms with Crippen LogP contribution in [0.25, 0.3) is 0 Å². The zero-order valence-electron chi connectivity index (χ0n) is 12.7. The van der Waals surface area contributed by atoms with Gasteiger partial charge >= 0.3 is 5.97 Å². The molecule has 1 aromatic rings. The van der Waals surface area contributed by atoms with E-state index in [0.717, 1.165) is 18.4 Å². The number of halogens is 1. The van der Waals surface area contributed by atoms with E-state index >= 15 is 0 Å². The number of hydrogen-bond donors (Lipinski definition) is 2. The van der Waals surface area contributed by atoms with Gasteiger partial charge in [0.15, 0.2) is 9.84 Å². The highest BCUT2D eigenvalue weighted by Gasteiger charge is 2.41. The number of hydrogen-bond acceptors (Lipinski definition) is 4. The first kappa shape index (κ1) is 17.4. The lowest BCUT2D eigenvalue weighted by Crippen LogP contribution is -2.44. The Bertz CT molecular complexity index is 746. The molecule has 0 spiro atoms. The molecule has 0 heterocycles. The summed E-state index contributed by atoms with van der Waals surface area (Å²) in [7, 11) is -3.65. The minimum atomic E-state index is -3.65. The van der Waals surface area contributed by atoms with Crippen LogP contribution in [0.1, 0.15) is 31.4 Å². The van der Waals surface area contributed by atoms with Crippen LogP contribution >= 0.6 is 0 Å². The van der Waals surface area contributed by atoms with Crippen LogP contribution in [0.15, 0.2) is 23.1 Å². The zero-order chi connectivity index (χ0) is 17.4. The molecular formula is C15H18FNO5S. The number of aliphatic carboxylic acids is 1. The summed E-state index contributed by atoms with van der Waals surface area (Å²) < 4.78 is 36.6. The third kappa shape index (κ3) is 3.69. The second kappa shape index (κ2) is 6.27. The highest BCUT2D eigenvalue weighted by molar-refractivity contribution is 7.90. The summed E-state index contributed by atoms with van der Waals surface area (Å²) in [6.07, 6.45) is 1.90. The van der Waals surface area contributed by atoms with Gasteiger partial charge < -0.3 is 10.4 Å².